The van der Waals surface area contributed by atoms with Crippen molar-refractivity contribution < 1.29 is 19.0 Å². The first-order valence-corrected chi connectivity index (χ1v) is 11.9. The third-order valence-corrected chi connectivity index (χ3v) is 6.87. The summed E-state index contributed by atoms with van der Waals surface area (Å²) in [6.45, 7) is 9.17. The van der Waals surface area contributed by atoms with Gasteiger partial charge in [-0.1, -0.05) is 23.9 Å². The normalized spacial score (nSPS) is 14.9. The average molecular weight is 495 g/mol. The van der Waals surface area contributed by atoms with Gasteiger partial charge in [-0.15, -0.1) is 12.4 Å². The van der Waals surface area contributed by atoms with E-state index in [0.29, 0.717) is 12.6 Å². The minimum absolute atomic E-state index is 0. The predicted molar refractivity (Wildman–Crippen MR) is 137 cm³/mol. The van der Waals surface area contributed by atoms with E-state index in [2.05, 4.69) is 24.8 Å². The van der Waals surface area contributed by atoms with Crippen LogP contribution in [0.2, 0.25) is 0 Å². The quantitative estimate of drug-likeness (QED) is 0.390. The van der Waals surface area contributed by atoms with Gasteiger partial charge in [-0.25, -0.2) is 0 Å². The third-order valence-electron chi connectivity index (χ3n) is 5.58. The number of carbonyl (C=O) groups excluding carboxylic acids is 1. The number of methoxy groups -OCH3 is 2. The van der Waals surface area contributed by atoms with Crippen LogP contribution >= 0.6 is 24.2 Å². The molecule has 8 heteroatoms. The molecule has 1 heterocycles. The van der Waals surface area contributed by atoms with Gasteiger partial charge in [0.2, 0.25) is 5.91 Å². The molecule has 0 bridgehead atoms. The number of fused-ring (bicyclic) bond motifs is 1. The Balaban J connectivity index is 0.00000385. The van der Waals surface area contributed by atoms with E-state index in [-0.39, 0.29) is 23.7 Å². The summed E-state index contributed by atoms with van der Waals surface area (Å²) in [4.78, 5) is 17.9. The maximum absolute atomic E-state index is 12.6. The van der Waals surface area contributed by atoms with Crippen LogP contribution in [0.25, 0.3) is 0 Å². The molecule has 1 unspecified atom stereocenters. The fraction of sp³-hybridized carbons (Fsp3) is 0.480. The summed E-state index contributed by atoms with van der Waals surface area (Å²) in [5.74, 6) is 1.54. The smallest absolute Gasteiger partial charge is 0.225 e. The number of nitrogens with zero attached hydrogens (tertiary/aromatic N) is 2. The number of ether oxygens (including phenoxy) is 3. The van der Waals surface area contributed by atoms with Gasteiger partial charge in [0, 0.05) is 43.6 Å². The van der Waals surface area contributed by atoms with Crippen LogP contribution in [0.5, 0.6) is 11.5 Å². The number of thioether (sulfide) groups is 1. The fourth-order valence-electron chi connectivity index (χ4n) is 3.86. The molecule has 0 fully saturated rings. The Kier molecular flexibility index (Phi) is 10.8. The summed E-state index contributed by atoms with van der Waals surface area (Å²) < 4.78 is 17.0. The Morgan fingerprint density at radius 1 is 1.12 bits per heavy atom. The van der Waals surface area contributed by atoms with E-state index in [9.17, 15) is 4.79 Å². The second-order valence-electron chi connectivity index (χ2n) is 8.06. The van der Waals surface area contributed by atoms with Crippen molar-refractivity contribution >= 4 is 35.8 Å². The molecular formula is C25H35ClN2O4S. The van der Waals surface area contributed by atoms with Crippen molar-refractivity contribution in [1.82, 2.24) is 4.90 Å². The Hall–Kier alpha value is -1.93. The lowest BCUT2D eigenvalue weighted by atomic mass is 10.1. The summed E-state index contributed by atoms with van der Waals surface area (Å²) in [6.07, 6.45) is 0.905. The zero-order valence-corrected chi connectivity index (χ0v) is 21.7. The zero-order valence-electron chi connectivity index (χ0n) is 20.1. The van der Waals surface area contributed by atoms with Crippen LogP contribution in [0.4, 0.5) is 5.69 Å². The van der Waals surface area contributed by atoms with Gasteiger partial charge in [0.1, 0.15) is 16.9 Å². The molecule has 182 valence electrons. The largest absolute Gasteiger partial charge is 0.497 e. The Bertz CT molecular complexity index is 912. The molecule has 1 aliphatic rings. The highest BCUT2D eigenvalue weighted by atomic mass is 35.5. The first kappa shape index (κ1) is 27.3. The SMILES string of the molecule is COCCN(CCCOc1ccc(OC)cc1C1Sc2ccccc2N1C(C)=O)C(C)C.Cl. The molecule has 0 saturated carbocycles. The van der Waals surface area contributed by atoms with Crippen LogP contribution in [0.15, 0.2) is 47.4 Å². The molecular weight excluding hydrogens is 460 g/mol. The van der Waals surface area contributed by atoms with E-state index in [1.165, 1.54) is 0 Å². The second kappa shape index (κ2) is 13.1. The molecule has 0 aliphatic carbocycles. The Morgan fingerprint density at radius 3 is 2.55 bits per heavy atom. The van der Waals surface area contributed by atoms with E-state index in [4.69, 9.17) is 14.2 Å². The van der Waals surface area contributed by atoms with E-state index < -0.39 is 0 Å². The van der Waals surface area contributed by atoms with Crippen LogP contribution in [0, 0.1) is 0 Å². The van der Waals surface area contributed by atoms with Crippen molar-refractivity contribution in [3.63, 3.8) is 0 Å². The van der Waals surface area contributed by atoms with Crippen molar-refractivity contribution in [2.24, 2.45) is 0 Å². The molecule has 0 saturated heterocycles. The first-order chi connectivity index (χ1) is 15.5. The minimum Gasteiger partial charge on any atom is -0.497 e. The lowest BCUT2D eigenvalue weighted by Gasteiger charge is -2.27. The molecule has 6 nitrogen and oxygen atoms in total. The Labute approximate surface area is 208 Å². The van der Waals surface area contributed by atoms with Crippen molar-refractivity contribution in [3.05, 3.63) is 48.0 Å². The fourth-order valence-corrected chi connectivity index (χ4v) is 5.22. The van der Waals surface area contributed by atoms with Gasteiger partial charge < -0.3 is 14.2 Å². The van der Waals surface area contributed by atoms with Gasteiger partial charge in [-0.3, -0.25) is 14.6 Å². The summed E-state index contributed by atoms with van der Waals surface area (Å²) >= 11 is 1.66. The zero-order chi connectivity index (χ0) is 23.1. The molecule has 0 radical (unpaired) electrons. The number of carbonyl (C=O) groups is 1. The number of benzene rings is 2. The predicted octanol–water partition coefficient (Wildman–Crippen LogP) is 5.40. The molecule has 1 atom stereocenters. The van der Waals surface area contributed by atoms with Crippen LogP contribution < -0.4 is 14.4 Å². The van der Waals surface area contributed by atoms with Crippen LogP contribution in [-0.2, 0) is 9.53 Å². The van der Waals surface area contributed by atoms with Crippen molar-refractivity contribution in [2.45, 2.75) is 43.5 Å². The second-order valence-corrected chi connectivity index (χ2v) is 9.18. The minimum atomic E-state index is -0.191. The lowest BCUT2D eigenvalue weighted by molar-refractivity contribution is -0.116. The highest BCUT2D eigenvalue weighted by Crippen LogP contribution is 2.53. The molecule has 2 aromatic rings. The van der Waals surface area contributed by atoms with E-state index in [1.54, 1.807) is 32.9 Å². The molecule has 0 spiro atoms. The van der Waals surface area contributed by atoms with Gasteiger partial charge in [0.05, 0.1) is 26.0 Å². The maximum atomic E-state index is 12.6. The topological polar surface area (TPSA) is 51.2 Å². The molecule has 0 aromatic heterocycles. The summed E-state index contributed by atoms with van der Waals surface area (Å²) in [7, 11) is 3.38. The maximum Gasteiger partial charge on any atom is 0.225 e. The van der Waals surface area contributed by atoms with Crippen molar-refractivity contribution in [3.8, 4) is 11.5 Å². The number of halogens is 1. The standard InChI is InChI=1S/C25H34N2O4S.ClH/c1-18(2)26(14-16-29-4)13-8-15-31-23-12-11-20(30-5)17-21(23)25-27(19(3)28)22-9-6-7-10-24(22)32-25;/h6-7,9-12,17-18,25H,8,13-16H2,1-5H3;1H. The van der Waals surface area contributed by atoms with E-state index >= 15 is 0 Å². The third kappa shape index (κ3) is 6.79. The average Bonchev–Trinajstić information content (AvgIpc) is 3.18. The van der Waals surface area contributed by atoms with Gasteiger partial charge in [0.25, 0.3) is 0 Å². The highest BCUT2D eigenvalue weighted by molar-refractivity contribution is 8.00. The number of anilines is 1. The van der Waals surface area contributed by atoms with E-state index in [1.807, 2.05) is 41.3 Å². The lowest BCUT2D eigenvalue weighted by Crippen LogP contribution is -2.35. The Morgan fingerprint density at radius 2 is 1.88 bits per heavy atom. The monoisotopic (exact) mass is 494 g/mol. The van der Waals surface area contributed by atoms with Crippen LogP contribution in [-0.4, -0.2) is 57.4 Å². The molecule has 3 rings (SSSR count). The van der Waals surface area contributed by atoms with E-state index in [0.717, 1.165) is 53.8 Å². The molecule has 0 N–H and O–H groups in total. The number of rotatable bonds is 11. The molecule has 33 heavy (non-hydrogen) atoms. The van der Waals surface area contributed by atoms with Crippen LogP contribution in [0.3, 0.4) is 0 Å². The van der Waals surface area contributed by atoms with Crippen molar-refractivity contribution in [2.75, 3.05) is 45.4 Å². The van der Waals surface area contributed by atoms with Gasteiger partial charge in [-0.2, -0.15) is 0 Å². The molecule has 1 amide bonds. The number of hydrogen-bond acceptors (Lipinski definition) is 6. The number of amides is 1. The summed E-state index contributed by atoms with van der Waals surface area (Å²) in [5.41, 5.74) is 1.88. The first-order valence-electron chi connectivity index (χ1n) is 11.1. The van der Waals surface area contributed by atoms with Gasteiger partial charge in [-0.05, 0) is 50.6 Å². The summed E-state index contributed by atoms with van der Waals surface area (Å²) in [5, 5.41) is -0.191. The molecule has 2 aromatic carbocycles. The van der Waals surface area contributed by atoms with Gasteiger partial charge in [0.15, 0.2) is 0 Å². The highest BCUT2D eigenvalue weighted by Gasteiger charge is 2.35. The number of hydrogen-bond donors (Lipinski definition) is 0. The summed E-state index contributed by atoms with van der Waals surface area (Å²) in [6, 6.07) is 14.3. The van der Waals surface area contributed by atoms with Gasteiger partial charge >= 0.3 is 0 Å². The van der Waals surface area contributed by atoms with Crippen LogP contribution in [0.1, 0.15) is 38.1 Å². The number of para-hydroxylation sites is 1. The molecule has 1 aliphatic heterocycles. The van der Waals surface area contributed by atoms with Crippen molar-refractivity contribution in [1.29, 1.82) is 0 Å².